The zero-order valence-corrected chi connectivity index (χ0v) is 6.56. The van der Waals surface area contributed by atoms with Gasteiger partial charge in [0.25, 0.3) is 0 Å². The molecule has 0 heterocycles. The highest BCUT2D eigenvalue weighted by Crippen LogP contribution is 2.01. The quantitative estimate of drug-likeness (QED) is 0.610. The van der Waals surface area contributed by atoms with E-state index < -0.39 is 6.10 Å². The Hall–Kier alpha value is 0.210. The highest BCUT2D eigenvalue weighted by molar-refractivity contribution is 6.18. The Morgan fingerprint density at radius 1 is 1.67 bits per heavy atom. The van der Waals surface area contributed by atoms with E-state index in [4.69, 9.17) is 21.4 Å². The van der Waals surface area contributed by atoms with Crippen molar-refractivity contribution in [2.75, 3.05) is 13.0 Å². The van der Waals surface area contributed by atoms with E-state index in [0.29, 0.717) is 6.42 Å². The minimum absolute atomic E-state index is 0.0961. The lowest BCUT2D eigenvalue weighted by Crippen LogP contribution is -2.17. The van der Waals surface area contributed by atoms with Gasteiger partial charge in [-0.3, -0.25) is 0 Å². The van der Waals surface area contributed by atoms with Gasteiger partial charge in [-0.15, -0.1) is 11.6 Å². The fourth-order valence-corrected chi connectivity index (χ4v) is 0.668. The molecule has 3 heteroatoms. The highest BCUT2D eigenvalue weighted by atomic mass is 35.5. The fraction of sp³-hybridized carbons (Fsp3) is 1.00. The molecule has 0 aromatic heterocycles. The lowest BCUT2D eigenvalue weighted by molar-refractivity contribution is 0.0646. The first kappa shape index (κ1) is 9.21. The number of aliphatic hydroxyl groups is 1. The predicted octanol–water partition coefficient (Wildman–Crippen LogP) is 1.01. The smallest absolute Gasteiger partial charge is 0.0700 e. The van der Waals surface area contributed by atoms with E-state index >= 15 is 0 Å². The van der Waals surface area contributed by atoms with Crippen LogP contribution in [0.1, 0.15) is 13.3 Å². The van der Waals surface area contributed by atoms with Crippen LogP contribution in [0, 0.1) is 0 Å². The number of hydrogen-bond donors (Lipinski definition) is 1. The van der Waals surface area contributed by atoms with Crippen LogP contribution in [0.3, 0.4) is 0 Å². The third kappa shape index (κ3) is 4.70. The minimum atomic E-state index is -0.429. The van der Waals surface area contributed by atoms with Crippen LogP contribution in [-0.4, -0.2) is 30.3 Å². The second-order valence-corrected chi connectivity index (χ2v) is 2.40. The number of alkyl halides is 1. The average molecular weight is 153 g/mol. The average Bonchev–Trinajstić information content (AvgIpc) is 1.87. The monoisotopic (exact) mass is 152 g/mol. The summed E-state index contributed by atoms with van der Waals surface area (Å²) in [6.45, 7) is 1.90. The molecule has 0 spiro atoms. The van der Waals surface area contributed by atoms with Gasteiger partial charge in [-0.1, -0.05) is 0 Å². The first-order chi connectivity index (χ1) is 4.20. The van der Waals surface area contributed by atoms with Gasteiger partial charge in [0.15, 0.2) is 0 Å². The number of rotatable bonds is 4. The van der Waals surface area contributed by atoms with E-state index in [2.05, 4.69) is 0 Å². The van der Waals surface area contributed by atoms with Gasteiger partial charge in [0.2, 0.25) is 0 Å². The largest absolute Gasteiger partial charge is 0.392 e. The SMILES string of the molecule is COC(C)CC(O)CCl. The van der Waals surface area contributed by atoms with Crippen molar-refractivity contribution in [3.8, 4) is 0 Å². The molecule has 2 nitrogen and oxygen atoms in total. The number of methoxy groups -OCH3 is 1. The molecule has 0 radical (unpaired) electrons. The van der Waals surface area contributed by atoms with Crippen molar-refractivity contribution in [1.29, 1.82) is 0 Å². The molecule has 0 aliphatic heterocycles. The lowest BCUT2D eigenvalue weighted by Gasteiger charge is -2.11. The molecule has 9 heavy (non-hydrogen) atoms. The summed E-state index contributed by atoms with van der Waals surface area (Å²) in [6, 6.07) is 0. The van der Waals surface area contributed by atoms with E-state index in [0.717, 1.165) is 0 Å². The fourth-order valence-electron chi connectivity index (χ4n) is 0.542. The second kappa shape index (κ2) is 5.03. The zero-order valence-electron chi connectivity index (χ0n) is 5.80. The molecule has 2 atom stereocenters. The lowest BCUT2D eigenvalue weighted by atomic mass is 10.2. The van der Waals surface area contributed by atoms with Gasteiger partial charge in [-0.2, -0.15) is 0 Å². The predicted molar refractivity (Wildman–Crippen MR) is 37.8 cm³/mol. The van der Waals surface area contributed by atoms with Gasteiger partial charge in [0.05, 0.1) is 12.2 Å². The molecule has 0 aromatic carbocycles. The Morgan fingerprint density at radius 2 is 2.22 bits per heavy atom. The van der Waals surface area contributed by atoms with Crippen LogP contribution in [0.25, 0.3) is 0 Å². The Balaban J connectivity index is 3.22. The highest BCUT2D eigenvalue weighted by Gasteiger charge is 2.06. The molecule has 0 bridgehead atoms. The summed E-state index contributed by atoms with van der Waals surface area (Å²) in [5.41, 5.74) is 0. The second-order valence-electron chi connectivity index (χ2n) is 2.09. The maximum atomic E-state index is 8.95. The normalized spacial score (nSPS) is 17.3. The van der Waals surface area contributed by atoms with Crippen LogP contribution < -0.4 is 0 Å². The van der Waals surface area contributed by atoms with Crippen LogP contribution >= 0.6 is 11.6 Å². The summed E-state index contributed by atoms with van der Waals surface area (Å²) in [7, 11) is 1.62. The van der Waals surface area contributed by atoms with Crippen molar-refractivity contribution in [3.05, 3.63) is 0 Å². The molecular weight excluding hydrogens is 140 g/mol. The van der Waals surface area contributed by atoms with Gasteiger partial charge in [0, 0.05) is 19.4 Å². The molecule has 56 valence electrons. The molecule has 0 amide bonds. The number of ether oxygens (including phenoxy) is 1. The topological polar surface area (TPSA) is 29.5 Å². The molecule has 0 fully saturated rings. The third-order valence-electron chi connectivity index (χ3n) is 1.18. The maximum Gasteiger partial charge on any atom is 0.0700 e. The van der Waals surface area contributed by atoms with Crippen LogP contribution in [0.2, 0.25) is 0 Å². The van der Waals surface area contributed by atoms with E-state index in [1.165, 1.54) is 0 Å². The Kier molecular flexibility index (Phi) is 5.15. The first-order valence-corrected chi connectivity index (χ1v) is 3.51. The molecule has 2 unspecified atom stereocenters. The van der Waals surface area contributed by atoms with Crippen molar-refractivity contribution in [1.82, 2.24) is 0 Å². The summed E-state index contributed by atoms with van der Waals surface area (Å²) < 4.78 is 4.90. The van der Waals surface area contributed by atoms with Crippen molar-refractivity contribution in [2.45, 2.75) is 25.6 Å². The van der Waals surface area contributed by atoms with E-state index in [-0.39, 0.29) is 12.0 Å². The summed E-state index contributed by atoms with van der Waals surface area (Å²) in [5, 5.41) is 8.95. The van der Waals surface area contributed by atoms with E-state index in [1.807, 2.05) is 6.92 Å². The molecule has 0 aromatic rings. The van der Waals surface area contributed by atoms with Crippen LogP contribution in [-0.2, 0) is 4.74 Å². The molecular formula is C6H13ClO2. The van der Waals surface area contributed by atoms with Gasteiger partial charge in [-0.25, -0.2) is 0 Å². The Morgan fingerprint density at radius 3 is 2.56 bits per heavy atom. The maximum absolute atomic E-state index is 8.95. The van der Waals surface area contributed by atoms with Gasteiger partial charge in [-0.05, 0) is 6.92 Å². The van der Waals surface area contributed by atoms with Crippen molar-refractivity contribution in [2.24, 2.45) is 0 Å². The van der Waals surface area contributed by atoms with Crippen molar-refractivity contribution >= 4 is 11.6 Å². The number of halogens is 1. The van der Waals surface area contributed by atoms with Crippen LogP contribution in [0.5, 0.6) is 0 Å². The first-order valence-electron chi connectivity index (χ1n) is 2.97. The minimum Gasteiger partial charge on any atom is -0.392 e. The third-order valence-corrected chi connectivity index (χ3v) is 1.54. The van der Waals surface area contributed by atoms with Gasteiger partial charge < -0.3 is 9.84 Å². The molecule has 1 N–H and O–H groups in total. The summed E-state index contributed by atoms with van der Waals surface area (Å²) in [6.07, 6.45) is 0.278. The number of aliphatic hydroxyl groups excluding tert-OH is 1. The van der Waals surface area contributed by atoms with Crippen molar-refractivity contribution in [3.63, 3.8) is 0 Å². The summed E-state index contributed by atoms with van der Waals surface area (Å²) >= 11 is 5.35. The zero-order chi connectivity index (χ0) is 7.28. The molecule has 0 saturated heterocycles. The van der Waals surface area contributed by atoms with E-state index in [1.54, 1.807) is 7.11 Å². The molecule has 0 aliphatic rings. The van der Waals surface area contributed by atoms with Crippen LogP contribution in [0.15, 0.2) is 0 Å². The Bertz CT molecular complexity index is 60.1. The summed E-state index contributed by atoms with van der Waals surface area (Å²) in [4.78, 5) is 0. The molecule has 0 saturated carbocycles. The van der Waals surface area contributed by atoms with Crippen LogP contribution in [0.4, 0.5) is 0 Å². The number of hydrogen-bond acceptors (Lipinski definition) is 2. The Labute approximate surface area is 60.8 Å². The van der Waals surface area contributed by atoms with E-state index in [9.17, 15) is 0 Å². The van der Waals surface area contributed by atoms with Gasteiger partial charge in [0.1, 0.15) is 0 Å². The molecule has 0 aliphatic carbocycles. The summed E-state index contributed by atoms with van der Waals surface area (Å²) in [5.74, 6) is 0.285. The standard InChI is InChI=1S/C6H13ClO2/c1-5(9-2)3-6(8)4-7/h5-6,8H,3-4H2,1-2H3. The van der Waals surface area contributed by atoms with Crippen molar-refractivity contribution < 1.29 is 9.84 Å². The van der Waals surface area contributed by atoms with Gasteiger partial charge >= 0.3 is 0 Å². The molecule has 0 rings (SSSR count).